The molecule has 1 heterocycles. The summed E-state index contributed by atoms with van der Waals surface area (Å²) in [6.45, 7) is 2.50. The smallest absolute Gasteiger partial charge is 0.209 e. The summed E-state index contributed by atoms with van der Waals surface area (Å²) in [7, 11) is 0. The van der Waals surface area contributed by atoms with Crippen molar-refractivity contribution in [1.82, 2.24) is 9.36 Å². The van der Waals surface area contributed by atoms with E-state index in [1.807, 2.05) is 42.2 Å². The molecule has 0 amide bonds. The van der Waals surface area contributed by atoms with Crippen LogP contribution in [-0.2, 0) is 0 Å². The van der Waals surface area contributed by atoms with E-state index in [1.165, 1.54) is 11.5 Å². The fourth-order valence-corrected chi connectivity index (χ4v) is 2.22. The molecule has 1 aromatic heterocycles. The lowest BCUT2D eigenvalue weighted by Crippen LogP contribution is -2.17. The Morgan fingerprint density at radius 3 is 2.71 bits per heavy atom. The maximum atomic E-state index is 8.70. The molecule has 2 aromatic rings. The van der Waals surface area contributed by atoms with E-state index in [0.717, 1.165) is 16.6 Å². The van der Waals surface area contributed by atoms with E-state index in [4.69, 9.17) is 5.26 Å². The molecular weight excluding hydrogens is 232 g/mol. The number of nitrogens with zero attached hydrogens (tertiary/aromatic N) is 4. The Morgan fingerprint density at radius 2 is 2.12 bits per heavy atom. The van der Waals surface area contributed by atoms with Gasteiger partial charge >= 0.3 is 0 Å². The molecule has 0 unspecified atom stereocenters. The summed E-state index contributed by atoms with van der Waals surface area (Å²) in [5.74, 6) is 0.767. The van der Waals surface area contributed by atoms with E-state index in [2.05, 4.69) is 15.4 Å². The standard InChI is InChI=1S/C12H12N4S/c1-10-14-12(17-15-10)16(9-5-8-13)11-6-3-2-4-7-11/h2-4,6-7H,5,9H2,1H3. The van der Waals surface area contributed by atoms with Gasteiger partial charge in [-0.25, -0.2) is 4.98 Å². The van der Waals surface area contributed by atoms with Crippen molar-refractivity contribution < 1.29 is 0 Å². The molecule has 0 atom stereocenters. The van der Waals surface area contributed by atoms with Gasteiger partial charge in [0, 0.05) is 23.8 Å². The lowest BCUT2D eigenvalue weighted by Gasteiger charge is -2.19. The van der Waals surface area contributed by atoms with E-state index >= 15 is 0 Å². The summed E-state index contributed by atoms with van der Waals surface area (Å²) in [5, 5.41) is 9.54. The maximum Gasteiger partial charge on any atom is 0.209 e. The second kappa shape index (κ2) is 5.41. The first-order chi connectivity index (χ1) is 8.31. The number of nitriles is 1. The van der Waals surface area contributed by atoms with Crippen LogP contribution in [0.2, 0.25) is 0 Å². The molecule has 5 heteroatoms. The van der Waals surface area contributed by atoms with Crippen molar-refractivity contribution in [3.63, 3.8) is 0 Å². The predicted octanol–water partition coefficient (Wildman–Crippen LogP) is 2.90. The first-order valence-corrected chi connectivity index (χ1v) is 6.08. The Balaban J connectivity index is 2.29. The summed E-state index contributed by atoms with van der Waals surface area (Å²) in [6.07, 6.45) is 0.466. The molecule has 0 aliphatic carbocycles. The number of aryl methyl sites for hydroxylation is 1. The van der Waals surface area contributed by atoms with E-state index in [-0.39, 0.29) is 0 Å². The molecular formula is C12H12N4S. The van der Waals surface area contributed by atoms with Gasteiger partial charge in [0.15, 0.2) is 0 Å². The van der Waals surface area contributed by atoms with Crippen LogP contribution in [0.3, 0.4) is 0 Å². The third-order valence-corrected chi connectivity index (χ3v) is 3.09. The second-order valence-corrected chi connectivity index (χ2v) is 4.25. The molecule has 0 bridgehead atoms. The Kier molecular flexibility index (Phi) is 3.68. The maximum absolute atomic E-state index is 8.70. The van der Waals surface area contributed by atoms with Gasteiger partial charge in [-0.3, -0.25) is 0 Å². The first-order valence-electron chi connectivity index (χ1n) is 5.31. The molecule has 0 spiro atoms. The van der Waals surface area contributed by atoms with Crippen LogP contribution >= 0.6 is 11.5 Å². The molecule has 0 saturated heterocycles. The molecule has 0 aliphatic rings. The van der Waals surface area contributed by atoms with Crippen molar-refractivity contribution in [2.75, 3.05) is 11.4 Å². The monoisotopic (exact) mass is 244 g/mol. The van der Waals surface area contributed by atoms with Gasteiger partial charge in [-0.15, -0.1) is 0 Å². The van der Waals surface area contributed by atoms with Crippen LogP contribution in [0.15, 0.2) is 30.3 Å². The molecule has 4 nitrogen and oxygen atoms in total. The Morgan fingerprint density at radius 1 is 1.35 bits per heavy atom. The predicted molar refractivity (Wildman–Crippen MR) is 68.3 cm³/mol. The summed E-state index contributed by atoms with van der Waals surface area (Å²) < 4.78 is 4.18. The average molecular weight is 244 g/mol. The number of para-hydroxylation sites is 1. The zero-order valence-electron chi connectivity index (χ0n) is 9.50. The molecule has 0 fully saturated rings. The number of rotatable bonds is 4. The fourth-order valence-electron chi connectivity index (χ4n) is 1.50. The Labute approximate surface area is 104 Å². The van der Waals surface area contributed by atoms with E-state index in [9.17, 15) is 0 Å². The first kappa shape index (κ1) is 11.6. The van der Waals surface area contributed by atoms with E-state index in [1.54, 1.807) is 0 Å². The number of hydrogen-bond acceptors (Lipinski definition) is 5. The van der Waals surface area contributed by atoms with Gasteiger partial charge in [0.1, 0.15) is 5.82 Å². The van der Waals surface area contributed by atoms with Crippen molar-refractivity contribution in [2.24, 2.45) is 0 Å². The Bertz CT molecular complexity index is 515. The topological polar surface area (TPSA) is 52.8 Å². The van der Waals surface area contributed by atoms with Gasteiger partial charge in [0.2, 0.25) is 5.13 Å². The largest absolute Gasteiger partial charge is 0.316 e. The summed E-state index contributed by atoms with van der Waals surface area (Å²) >= 11 is 1.36. The number of anilines is 2. The molecule has 1 aromatic carbocycles. The van der Waals surface area contributed by atoms with Crippen molar-refractivity contribution >= 4 is 22.4 Å². The molecule has 0 aliphatic heterocycles. The highest BCUT2D eigenvalue weighted by Gasteiger charge is 2.12. The van der Waals surface area contributed by atoms with E-state index < -0.39 is 0 Å². The SMILES string of the molecule is Cc1nsc(N(CCC#N)c2ccccc2)n1. The van der Waals surface area contributed by atoms with Gasteiger partial charge in [-0.1, -0.05) is 18.2 Å². The molecule has 0 radical (unpaired) electrons. The van der Waals surface area contributed by atoms with Crippen molar-refractivity contribution in [1.29, 1.82) is 5.26 Å². The van der Waals surface area contributed by atoms with Crippen LogP contribution in [0.5, 0.6) is 0 Å². The van der Waals surface area contributed by atoms with Crippen LogP contribution in [0.25, 0.3) is 0 Å². The Hall–Kier alpha value is -1.93. The summed E-state index contributed by atoms with van der Waals surface area (Å²) in [5.41, 5.74) is 1.04. The minimum absolute atomic E-state index is 0.466. The van der Waals surface area contributed by atoms with Gasteiger partial charge in [0.05, 0.1) is 12.5 Å². The molecule has 0 saturated carbocycles. The fraction of sp³-hybridized carbons (Fsp3) is 0.250. The highest BCUT2D eigenvalue weighted by Crippen LogP contribution is 2.26. The minimum atomic E-state index is 0.466. The number of aromatic nitrogens is 2. The van der Waals surface area contributed by atoms with Gasteiger partial charge in [-0.2, -0.15) is 9.64 Å². The van der Waals surface area contributed by atoms with Crippen LogP contribution in [0.1, 0.15) is 12.2 Å². The van der Waals surface area contributed by atoms with Crippen LogP contribution < -0.4 is 4.90 Å². The molecule has 2 rings (SSSR count). The number of benzene rings is 1. The minimum Gasteiger partial charge on any atom is -0.316 e. The lowest BCUT2D eigenvalue weighted by molar-refractivity contribution is 0.936. The van der Waals surface area contributed by atoms with E-state index in [0.29, 0.717) is 13.0 Å². The summed E-state index contributed by atoms with van der Waals surface area (Å²) in [4.78, 5) is 6.39. The van der Waals surface area contributed by atoms with Crippen LogP contribution in [0, 0.1) is 18.3 Å². The second-order valence-electron chi connectivity index (χ2n) is 3.52. The average Bonchev–Trinajstić information content (AvgIpc) is 2.78. The highest BCUT2D eigenvalue weighted by molar-refractivity contribution is 7.09. The normalized spacial score (nSPS) is 9.88. The molecule has 86 valence electrons. The van der Waals surface area contributed by atoms with Crippen molar-refractivity contribution in [3.05, 3.63) is 36.2 Å². The lowest BCUT2D eigenvalue weighted by atomic mass is 10.3. The molecule has 17 heavy (non-hydrogen) atoms. The van der Waals surface area contributed by atoms with Crippen LogP contribution in [0.4, 0.5) is 10.8 Å². The van der Waals surface area contributed by atoms with Gasteiger partial charge < -0.3 is 4.90 Å². The summed E-state index contributed by atoms with van der Waals surface area (Å²) in [6, 6.07) is 12.1. The quantitative estimate of drug-likeness (QED) is 0.829. The van der Waals surface area contributed by atoms with Gasteiger partial charge in [-0.05, 0) is 19.1 Å². The van der Waals surface area contributed by atoms with Gasteiger partial charge in [0.25, 0.3) is 0 Å². The zero-order chi connectivity index (χ0) is 12.1. The van der Waals surface area contributed by atoms with Crippen molar-refractivity contribution in [2.45, 2.75) is 13.3 Å². The third kappa shape index (κ3) is 2.80. The number of hydrogen-bond donors (Lipinski definition) is 0. The van der Waals surface area contributed by atoms with Crippen molar-refractivity contribution in [3.8, 4) is 6.07 Å². The van der Waals surface area contributed by atoms with Crippen LogP contribution in [-0.4, -0.2) is 15.9 Å². The highest BCUT2D eigenvalue weighted by atomic mass is 32.1. The zero-order valence-corrected chi connectivity index (χ0v) is 10.3. The third-order valence-electron chi connectivity index (χ3n) is 2.26. The molecule has 0 N–H and O–H groups in total.